The highest BCUT2D eigenvalue weighted by Crippen LogP contribution is 2.35. The lowest BCUT2D eigenvalue weighted by atomic mass is 10.1. The van der Waals surface area contributed by atoms with Gasteiger partial charge in [-0.1, -0.05) is 58.7 Å². The number of fused-ring (bicyclic) bond motifs is 1. The summed E-state index contributed by atoms with van der Waals surface area (Å²) in [5.41, 5.74) is 2.34. The third-order valence-electron chi connectivity index (χ3n) is 3.73. The largest absolute Gasteiger partial charge is 0.462 e. The first-order valence-electron chi connectivity index (χ1n) is 10.9. The number of hydrogen-bond acceptors (Lipinski definition) is 5. The molecule has 2 heterocycles. The summed E-state index contributed by atoms with van der Waals surface area (Å²) in [6.07, 6.45) is 3.90. The Morgan fingerprint density at radius 3 is 2.47 bits per heavy atom. The zero-order valence-electron chi connectivity index (χ0n) is 19.4. The fourth-order valence-corrected chi connectivity index (χ4v) is 3.65. The van der Waals surface area contributed by atoms with Crippen molar-refractivity contribution < 1.29 is 14.3 Å². The number of aryl methyl sites for hydroxylation is 1. The van der Waals surface area contributed by atoms with Crippen LogP contribution in [-0.4, -0.2) is 29.0 Å². The molecule has 0 bridgehead atoms. The van der Waals surface area contributed by atoms with Crippen LogP contribution in [0.3, 0.4) is 0 Å². The number of hydrogen-bond donors (Lipinski definition) is 0. The number of ether oxygens (including phenoxy) is 2. The molecule has 0 saturated heterocycles. The van der Waals surface area contributed by atoms with E-state index < -0.39 is 0 Å². The predicted molar refractivity (Wildman–Crippen MR) is 127 cm³/mol. The number of esters is 1. The Kier molecular flexibility index (Phi) is 12.0. The van der Waals surface area contributed by atoms with Crippen molar-refractivity contribution >= 4 is 27.4 Å². The van der Waals surface area contributed by atoms with Crippen molar-refractivity contribution in [3.05, 3.63) is 41.6 Å². The second kappa shape index (κ2) is 13.9. The van der Waals surface area contributed by atoms with Crippen molar-refractivity contribution in [2.75, 3.05) is 13.2 Å². The third kappa shape index (κ3) is 7.26. The Bertz CT molecular complexity index is 899. The number of thiophene rings is 1. The van der Waals surface area contributed by atoms with Gasteiger partial charge in [-0.3, -0.25) is 0 Å². The van der Waals surface area contributed by atoms with Crippen LogP contribution in [0.1, 0.15) is 70.3 Å². The predicted octanol–water partition coefficient (Wildman–Crippen LogP) is 7.08. The van der Waals surface area contributed by atoms with E-state index in [-0.39, 0.29) is 5.97 Å². The van der Waals surface area contributed by atoms with Crippen LogP contribution in [-0.2, 0) is 16.2 Å². The molecule has 0 unspecified atom stereocenters. The molecule has 30 heavy (non-hydrogen) atoms. The summed E-state index contributed by atoms with van der Waals surface area (Å²) in [6, 6.07) is 8.41. The van der Waals surface area contributed by atoms with Gasteiger partial charge in [0.15, 0.2) is 0 Å². The first-order chi connectivity index (χ1) is 14.5. The molecule has 0 fully saturated rings. The monoisotopic (exact) mass is 432 g/mol. The summed E-state index contributed by atoms with van der Waals surface area (Å²) in [5, 5.41) is 5.73. The molecule has 6 heteroatoms. The van der Waals surface area contributed by atoms with E-state index in [0.29, 0.717) is 31.2 Å². The van der Waals surface area contributed by atoms with Crippen LogP contribution in [0.2, 0.25) is 0 Å². The fourth-order valence-electron chi connectivity index (χ4n) is 2.61. The Morgan fingerprint density at radius 1 is 1.13 bits per heavy atom. The summed E-state index contributed by atoms with van der Waals surface area (Å²) in [4.78, 5) is 13.3. The second-order valence-electron chi connectivity index (χ2n) is 6.55. The van der Waals surface area contributed by atoms with Crippen molar-refractivity contribution in [1.29, 1.82) is 0 Å². The molecule has 3 rings (SSSR count). The van der Waals surface area contributed by atoms with Crippen LogP contribution in [0, 0.1) is 6.92 Å². The smallest absolute Gasteiger partial charge is 0.342 e. The highest BCUT2D eigenvalue weighted by molar-refractivity contribution is 7.22. The molecule has 0 amide bonds. The normalized spacial score (nSPS) is 10.1. The Balaban J connectivity index is 0.000000826. The maximum atomic E-state index is 12.3. The number of carbonyl (C=O) groups is 1. The van der Waals surface area contributed by atoms with Gasteiger partial charge in [-0.05, 0) is 37.8 Å². The maximum Gasteiger partial charge on any atom is 0.342 e. The van der Waals surface area contributed by atoms with Gasteiger partial charge >= 0.3 is 5.97 Å². The van der Waals surface area contributed by atoms with Gasteiger partial charge in [-0.15, -0.1) is 11.3 Å². The van der Waals surface area contributed by atoms with Crippen LogP contribution in [0.5, 0.6) is 0 Å². The lowest BCUT2D eigenvalue weighted by Gasteiger charge is -2.01. The standard InChI is InChI=1S/C19H22N2O3S.C3H8.C2H6/c1-4-8-23-12-21-11-15(19(22)24-5-2)18(20-21)17-10-14-9-13(3)6-7-16(14)25-17;1-3-2;1-2/h6-7,9-11H,4-5,8,12H2,1-3H3;3H2,1-2H3;1-2H3. The maximum absolute atomic E-state index is 12.3. The van der Waals surface area contributed by atoms with Crippen LogP contribution in [0.25, 0.3) is 20.7 Å². The molecule has 5 nitrogen and oxygen atoms in total. The van der Waals surface area contributed by atoms with Gasteiger partial charge in [0.05, 0.1) is 11.5 Å². The molecular weight excluding hydrogens is 396 g/mol. The van der Waals surface area contributed by atoms with E-state index in [1.165, 1.54) is 16.7 Å². The molecule has 0 aliphatic carbocycles. The summed E-state index contributed by atoms with van der Waals surface area (Å²) < 4.78 is 13.6. The van der Waals surface area contributed by atoms with Crippen molar-refractivity contribution in [1.82, 2.24) is 9.78 Å². The fraction of sp³-hybridized carbons (Fsp3) is 0.500. The van der Waals surface area contributed by atoms with Gasteiger partial charge in [-0.2, -0.15) is 5.10 Å². The minimum atomic E-state index is -0.354. The van der Waals surface area contributed by atoms with E-state index in [1.807, 2.05) is 13.8 Å². The van der Waals surface area contributed by atoms with Crippen molar-refractivity contribution in [2.45, 2.75) is 68.0 Å². The molecule has 0 atom stereocenters. The number of benzene rings is 1. The van der Waals surface area contributed by atoms with Gasteiger partial charge < -0.3 is 9.47 Å². The molecular formula is C24H36N2O3S. The Labute approximate surface area is 185 Å². The van der Waals surface area contributed by atoms with Crippen molar-refractivity contribution in [3.63, 3.8) is 0 Å². The summed E-state index contributed by atoms with van der Waals surface area (Å²) in [6.45, 7) is 15.5. The molecule has 0 spiro atoms. The Morgan fingerprint density at radius 2 is 1.83 bits per heavy atom. The molecule has 1 aromatic carbocycles. The summed E-state index contributed by atoms with van der Waals surface area (Å²) in [7, 11) is 0. The minimum Gasteiger partial charge on any atom is -0.462 e. The SMILES string of the molecule is CC.CCC.CCCOCn1cc(C(=O)OCC)c(-c2cc3cc(C)ccc3s2)n1. The average molecular weight is 433 g/mol. The molecule has 2 aromatic heterocycles. The number of aromatic nitrogens is 2. The number of rotatable bonds is 7. The lowest BCUT2D eigenvalue weighted by molar-refractivity contribution is 0.0524. The van der Waals surface area contributed by atoms with E-state index in [0.717, 1.165) is 16.7 Å². The van der Waals surface area contributed by atoms with E-state index in [2.05, 4.69) is 57.1 Å². The van der Waals surface area contributed by atoms with Crippen molar-refractivity contribution in [3.8, 4) is 10.6 Å². The van der Waals surface area contributed by atoms with E-state index in [9.17, 15) is 4.79 Å². The van der Waals surface area contributed by atoms with Gasteiger partial charge in [0.25, 0.3) is 0 Å². The van der Waals surface area contributed by atoms with Crippen LogP contribution < -0.4 is 0 Å². The molecule has 0 saturated carbocycles. The summed E-state index contributed by atoms with van der Waals surface area (Å²) >= 11 is 1.63. The Hall–Kier alpha value is -2.18. The van der Waals surface area contributed by atoms with Crippen LogP contribution >= 0.6 is 11.3 Å². The highest BCUT2D eigenvalue weighted by atomic mass is 32.1. The number of nitrogens with zero attached hydrogens (tertiary/aromatic N) is 2. The zero-order chi connectivity index (χ0) is 22.5. The second-order valence-corrected chi connectivity index (χ2v) is 7.63. The minimum absolute atomic E-state index is 0.324. The van der Waals surface area contributed by atoms with Crippen LogP contribution in [0.15, 0.2) is 30.5 Å². The van der Waals surface area contributed by atoms with Gasteiger partial charge in [0.2, 0.25) is 0 Å². The first kappa shape index (κ1) is 25.9. The molecule has 0 aliphatic heterocycles. The molecule has 3 aromatic rings. The molecule has 0 radical (unpaired) electrons. The first-order valence-corrected chi connectivity index (χ1v) is 11.7. The summed E-state index contributed by atoms with van der Waals surface area (Å²) in [5.74, 6) is -0.354. The van der Waals surface area contributed by atoms with Crippen molar-refractivity contribution in [2.24, 2.45) is 0 Å². The van der Waals surface area contributed by atoms with Gasteiger partial charge in [0.1, 0.15) is 18.0 Å². The molecule has 166 valence electrons. The molecule has 0 N–H and O–H groups in total. The quantitative estimate of drug-likeness (QED) is 0.296. The third-order valence-corrected chi connectivity index (χ3v) is 4.86. The topological polar surface area (TPSA) is 53.4 Å². The van der Waals surface area contributed by atoms with Gasteiger partial charge in [0, 0.05) is 17.5 Å². The molecule has 0 aliphatic rings. The van der Waals surface area contributed by atoms with Crippen LogP contribution in [0.4, 0.5) is 0 Å². The van der Waals surface area contributed by atoms with E-state index in [1.54, 1.807) is 29.1 Å². The average Bonchev–Trinajstić information content (AvgIpc) is 3.34. The zero-order valence-corrected chi connectivity index (χ0v) is 20.3. The van der Waals surface area contributed by atoms with E-state index >= 15 is 0 Å². The lowest BCUT2D eigenvalue weighted by Crippen LogP contribution is -2.05. The van der Waals surface area contributed by atoms with E-state index in [4.69, 9.17) is 9.47 Å². The van der Waals surface area contributed by atoms with Gasteiger partial charge in [-0.25, -0.2) is 9.48 Å². The highest BCUT2D eigenvalue weighted by Gasteiger charge is 2.20. The number of carbonyl (C=O) groups excluding carboxylic acids is 1.